The van der Waals surface area contributed by atoms with Crippen LogP contribution in [0.4, 0.5) is 0 Å². The van der Waals surface area contributed by atoms with E-state index in [1.54, 1.807) is 0 Å². The lowest BCUT2D eigenvalue weighted by Gasteiger charge is -2.18. The molecular weight excluding hydrogens is 343 g/mol. The van der Waals surface area contributed by atoms with Crippen molar-refractivity contribution >= 4 is 20.5 Å². The number of thiol groups is 1. The number of aliphatic hydroxyl groups excluding tert-OH is 2. The third kappa shape index (κ3) is 3.67. The molecule has 1 aliphatic heterocycles. The summed E-state index contributed by atoms with van der Waals surface area (Å²) in [5.74, 6) is 0. The summed E-state index contributed by atoms with van der Waals surface area (Å²) in [7, 11) is -4.79. The van der Waals surface area contributed by atoms with Crippen LogP contribution >= 0.6 is 20.5 Å². The summed E-state index contributed by atoms with van der Waals surface area (Å²) in [5, 5.41) is 19.6. The van der Waals surface area contributed by atoms with E-state index in [-0.39, 0.29) is 5.03 Å². The van der Waals surface area contributed by atoms with Gasteiger partial charge in [0.25, 0.3) is 5.56 Å². The monoisotopic (exact) mass is 356 g/mol. The zero-order valence-corrected chi connectivity index (χ0v) is 12.6. The molecule has 0 aliphatic carbocycles. The molecule has 1 aromatic rings. The van der Waals surface area contributed by atoms with Gasteiger partial charge in [-0.25, -0.2) is 9.36 Å². The molecular formula is C9H13N2O9PS. The number of H-pyrrole nitrogens is 1. The van der Waals surface area contributed by atoms with E-state index < -0.39 is 50.2 Å². The van der Waals surface area contributed by atoms with Gasteiger partial charge in [-0.3, -0.25) is 18.9 Å². The molecule has 1 aromatic heterocycles. The van der Waals surface area contributed by atoms with Crippen LogP contribution in [0.25, 0.3) is 0 Å². The summed E-state index contributed by atoms with van der Waals surface area (Å²) in [4.78, 5) is 42.0. The third-order valence-corrected chi connectivity index (χ3v) is 3.78. The van der Waals surface area contributed by atoms with Gasteiger partial charge < -0.3 is 24.7 Å². The minimum absolute atomic E-state index is 0.124. The van der Waals surface area contributed by atoms with E-state index in [0.717, 1.165) is 10.6 Å². The third-order valence-electron chi connectivity index (χ3n) is 2.95. The predicted octanol–water partition coefficient (Wildman–Crippen LogP) is -2.45. The number of ether oxygens (including phenoxy) is 1. The van der Waals surface area contributed by atoms with E-state index in [4.69, 9.17) is 14.5 Å². The molecule has 13 heteroatoms. The van der Waals surface area contributed by atoms with Crippen LogP contribution in [0, 0.1) is 0 Å². The summed E-state index contributed by atoms with van der Waals surface area (Å²) in [6.07, 6.45) is -5.86. The van der Waals surface area contributed by atoms with Crippen LogP contribution in [0.15, 0.2) is 20.7 Å². The Hall–Kier alpha value is -0.980. The van der Waals surface area contributed by atoms with Gasteiger partial charge >= 0.3 is 13.5 Å². The molecule has 5 N–H and O–H groups in total. The van der Waals surface area contributed by atoms with E-state index in [1.807, 2.05) is 4.98 Å². The van der Waals surface area contributed by atoms with E-state index in [0.29, 0.717) is 0 Å². The van der Waals surface area contributed by atoms with E-state index in [1.165, 1.54) is 0 Å². The Kier molecular flexibility index (Phi) is 4.94. The second kappa shape index (κ2) is 6.26. The van der Waals surface area contributed by atoms with E-state index in [2.05, 4.69) is 17.2 Å². The van der Waals surface area contributed by atoms with Crippen LogP contribution in [-0.4, -0.2) is 54.5 Å². The fraction of sp³-hybridized carbons (Fsp3) is 0.556. The van der Waals surface area contributed by atoms with Crippen molar-refractivity contribution in [3.8, 4) is 0 Å². The van der Waals surface area contributed by atoms with Crippen LogP contribution in [0.3, 0.4) is 0 Å². The average Bonchev–Trinajstić information content (AvgIpc) is 2.63. The van der Waals surface area contributed by atoms with Crippen molar-refractivity contribution in [3.63, 3.8) is 0 Å². The Balaban J connectivity index is 2.26. The first-order chi connectivity index (χ1) is 10.1. The number of aromatic nitrogens is 2. The molecule has 2 rings (SSSR count). The van der Waals surface area contributed by atoms with E-state index >= 15 is 0 Å². The van der Waals surface area contributed by atoms with Crippen LogP contribution < -0.4 is 11.2 Å². The second-order valence-corrected chi connectivity index (χ2v) is 6.20. The number of phosphoric ester groups is 1. The first-order valence-electron chi connectivity index (χ1n) is 5.86. The zero-order valence-electron chi connectivity index (χ0n) is 10.8. The summed E-state index contributed by atoms with van der Waals surface area (Å²) >= 11 is 3.92. The molecule has 4 atom stereocenters. The average molecular weight is 356 g/mol. The number of phosphoric acid groups is 1. The highest BCUT2D eigenvalue weighted by atomic mass is 32.1. The van der Waals surface area contributed by atoms with Crippen molar-refractivity contribution < 1.29 is 33.8 Å². The van der Waals surface area contributed by atoms with E-state index in [9.17, 15) is 24.4 Å². The molecule has 0 amide bonds. The topological polar surface area (TPSA) is 171 Å². The van der Waals surface area contributed by atoms with Gasteiger partial charge in [-0.2, -0.15) is 0 Å². The number of hydrogen-bond acceptors (Lipinski definition) is 8. The van der Waals surface area contributed by atoms with Crippen molar-refractivity contribution in [1.29, 1.82) is 0 Å². The second-order valence-electron chi connectivity index (χ2n) is 4.50. The number of aliphatic hydroxyl groups is 2. The number of nitrogens with zero attached hydrogens (tertiary/aromatic N) is 1. The van der Waals surface area contributed by atoms with Crippen molar-refractivity contribution in [2.75, 3.05) is 6.61 Å². The molecule has 11 nitrogen and oxygen atoms in total. The largest absolute Gasteiger partial charge is 0.469 e. The minimum atomic E-state index is -4.79. The van der Waals surface area contributed by atoms with Crippen molar-refractivity contribution in [2.45, 2.75) is 29.6 Å². The maximum Gasteiger partial charge on any atom is 0.469 e. The first kappa shape index (κ1) is 17.4. The number of rotatable bonds is 4. The Morgan fingerprint density at radius 1 is 1.36 bits per heavy atom. The maximum atomic E-state index is 11.8. The lowest BCUT2D eigenvalue weighted by Crippen LogP contribution is -2.38. The molecule has 1 saturated heterocycles. The Morgan fingerprint density at radius 2 is 2.00 bits per heavy atom. The smallest absolute Gasteiger partial charge is 0.387 e. The minimum Gasteiger partial charge on any atom is -0.387 e. The summed E-state index contributed by atoms with van der Waals surface area (Å²) in [6, 6.07) is 0.965. The molecule has 22 heavy (non-hydrogen) atoms. The molecule has 2 heterocycles. The van der Waals surface area contributed by atoms with Crippen molar-refractivity contribution in [3.05, 3.63) is 26.9 Å². The van der Waals surface area contributed by atoms with Crippen molar-refractivity contribution in [2.24, 2.45) is 0 Å². The molecule has 1 fully saturated rings. The lowest BCUT2D eigenvalue weighted by atomic mass is 10.1. The van der Waals surface area contributed by atoms with Crippen LogP contribution in [0.5, 0.6) is 0 Å². The van der Waals surface area contributed by atoms with Gasteiger partial charge in [-0.1, -0.05) is 0 Å². The molecule has 0 bridgehead atoms. The van der Waals surface area contributed by atoms with Gasteiger partial charge in [-0.05, 0) is 0 Å². The Morgan fingerprint density at radius 3 is 2.55 bits per heavy atom. The molecule has 0 spiro atoms. The van der Waals surface area contributed by atoms with Gasteiger partial charge in [-0.15, -0.1) is 12.6 Å². The summed E-state index contributed by atoms with van der Waals surface area (Å²) in [6.45, 7) is -0.709. The zero-order chi connectivity index (χ0) is 16.7. The molecule has 0 radical (unpaired) electrons. The quantitative estimate of drug-likeness (QED) is 0.195. The highest BCUT2D eigenvalue weighted by Crippen LogP contribution is 2.38. The fourth-order valence-electron chi connectivity index (χ4n) is 1.99. The number of nitrogens with one attached hydrogen (secondary N) is 1. The van der Waals surface area contributed by atoms with Gasteiger partial charge in [0.05, 0.1) is 11.6 Å². The molecule has 1 aliphatic rings. The van der Waals surface area contributed by atoms with Crippen LogP contribution in [-0.2, 0) is 13.8 Å². The number of hydrogen-bond donors (Lipinski definition) is 6. The van der Waals surface area contributed by atoms with Gasteiger partial charge in [0.1, 0.15) is 18.3 Å². The fourth-order valence-corrected chi connectivity index (χ4v) is 2.65. The first-order valence-corrected chi connectivity index (χ1v) is 7.84. The van der Waals surface area contributed by atoms with Crippen molar-refractivity contribution in [1.82, 2.24) is 9.55 Å². The summed E-state index contributed by atoms with van der Waals surface area (Å²) < 4.78 is 20.8. The van der Waals surface area contributed by atoms with Crippen LogP contribution in [0.2, 0.25) is 0 Å². The maximum absolute atomic E-state index is 11.8. The highest BCUT2D eigenvalue weighted by Gasteiger charge is 2.45. The Labute approximate surface area is 127 Å². The summed E-state index contributed by atoms with van der Waals surface area (Å²) in [5.41, 5.74) is -1.63. The predicted molar refractivity (Wildman–Crippen MR) is 72.5 cm³/mol. The van der Waals surface area contributed by atoms with Gasteiger partial charge in [0, 0.05) is 6.07 Å². The lowest BCUT2D eigenvalue weighted by molar-refractivity contribution is -0.0582. The standard InChI is InChI=1S/C9H13N2O9PS/c12-4-1-5(22)11(9(15)10-4)8-7(14)6(13)3(20-8)2-19-21(16,17)18/h1,3,6-8,13-14,22H,2H2,(H,10,12,15)(H2,16,17,18)/t3-,6?,7?,8-/m0/s1. The van der Waals surface area contributed by atoms with Crippen LogP contribution in [0.1, 0.15) is 6.23 Å². The SMILES string of the molecule is O=c1cc(S)n([C@H]2O[C@@H](COP(=O)(O)O)C(O)C2O)c(=O)[nH]1. The molecule has 2 unspecified atom stereocenters. The van der Waals surface area contributed by atoms with Gasteiger partial charge in [0.2, 0.25) is 0 Å². The molecule has 0 saturated carbocycles. The molecule has 124 valence electrons. The molecule has 0 aromatic carbocycles. The number of aromatic amines is 1. The Bertz CT molecular complexity index is 712. The highest BCUT2D eigenvalue weighted by molar-refractivity contribution is 7.80. The van der Waals surface area contributed by atoms with Gasteiger partial charge in [0.15, 0.2) is 6.23 Å². The normalized spacial score (nSPS) is 29.0.